The number of hydrogen-bond acceptors (Lipinski definition) is 2. The van der Waals surface area contributed by atoms with Gasteiger partial charge in [-0.3, -0.25) is 0 Å². The number of halogens is 1. The summed E-state index contributed by atoms with van der Waals surface area (Å²) in [4.78, 5) is 0. The van der Waals surface area contributed by atoms with Crippen molar-refractivity contribution in [3.63, 3.8) is 0 Å². The van der Waals surface area contributed by atoms with Crippen LogP contribution in [0.5, 0.6) is 0 Å². The summed E-state index contributed by atoms with van der Waals surface area (Å²) in [5.74, 6) is 0. The Morgan fingerprint density at radius 3 is 2.78 bits per heavy atom. The Labute approximate surface area is 112 Å². The minimum absolute atomic E-state index is 0.780. The molecule has 1 aliphatic rings. The van der Waals surface area contributed by atoms with Crippen LogP contribution in [0.4, 0.5) is 11.4 Å². The zero-order valence-corrected chi connectivity index (χ0v) is 10.8. The molecular formula is C15H15ClN2. The highest BCUT2D eigenvalue weighted by atomic mass is 35.5. The maximum Gasteiger partial charge on any atom is 0.0406 e. The largest absolute Gasteiger partial charge is 0.384 e. The fraction of sp³-hybridized carbons (Fsp3) is 0.200. The molecule has 0 saturated carbocycles. The van der Waals surface area contributed by atoms with E-state index >= 15 is 0 Å². The Bertz CT molecular complexity index is 549. The van der Waals surface area contributed by atoms with Crippen LogP contribution >= 0.6 is 11.6 Å². The van der Waals surface area contributed by atoms with Gasteiger partial charge in [-0.1, -0.05) is 23.7 Å². The molecule has 0 spiro atoms. The number of nitrogens with one attached hydrogen (secondary N) is 2. The predicted molar refractivity (Wildman–Crippen MR) is 77.4 cm³/mol. The van der Waals surface area contributed by atoms with Gasteiger partial charge in [-0.2, -0.15) is 0 Å². The third kappa shape index (κ3) is 2.44. The second kappa shape index (κ2) is 4.91. The average Bonchev–Trinajstić information content (AvgIpc) is 2.85. The highest BCUT2D eigenvalue weighted by Crippen LogP contribution is 2.25. The molecule has 0 amide bonds. The van der Waals surface area contributed by atoms with E-state index in [1.807, 2.05) is 24.3 Å². The number of hydrogen-bond donors (Lipinski definition) is 2. The molecule has 3 rings (SSSR count). The van der Waals surface area contributed by atoms with E-state index in [0.717, 1.165) is 24.5 Å². The van der Waals surface area contributed by atoms with Crippen LogP contribution in [0.3, 0.4) is 0 Å². The SMILES string of the molecule is Clc1ccc(CNc2ccc3c(c2)CCN3)cc1. The van der Waals surface area contributed by atoms with E-state index in [4.69, 9.17) is 11.6 Å². The van der Waals surface area contributed by atoms with Crippen molar-refractivity contribution in [1.29, 1.82) is 0 Å². The topological polar surface area (TPSA) is 24.1 Å². The monoisotopic (exact) mass is 258 g/mol. The second-order valence-electron chi connectivity index (χ2n) is 4.53. The lowest BCUT2D eigenvalue weighted by atomic mass is 10.1. The van der Waals surface area contributed by atoms with Gasteiger partial charge in [-0.05, 0) is 47.9 Å². The van der Waals surface area contributed by atoms with E-state index in [9.17, 15) is 0 Å². The number of rotatable bonds is 3. The number of fused-ring (bicyclic) bond motifs is 1. The lowest BCUT2D eigenvalue weighted by molar-refractivity contribution is 1.10. The minimum atomic E-state index is 0.780. The van der Waals surface area contributed by atoms with Crippen LogP contribution in [0.15, 0.2) is 42.5 Å². The van der Waals surface area contributed by atoms with Crippen molar-refractivity contribution in [2.75, 3.05) is 17.2 Å². The normalized spacial score (nSPS) is 12.9. The van der Waals surface area contributed by atoms with E-state index in [1.54, 1.807) is 0 Å². The van der Waals surface area contributed by atoms with Crippen molar-refractivity contribution in [2.45, 2.75) is 13.0 Å². The lowest BCUT2D eigenvalue weighted by Gasteiger charge is -2.08. The van der Waals surface area contributed by atoms with Gasteiger partial charge >= 0.3 is 0 Å². The molecule has 1 heterocycles. The van der Waals surface area contributed by atoms with Crippen LogP contribution in [0, 0.1) is 0 Å². The molecule has 0 radical (unpaired) electrons. The van der Waals surface area contributed by atoms with Crippen LogP contribution in [0.2, 0.25) is 5.02 Å². The van der Waals surface area contributed by atoms with E-state index < -0.39 is 0 Å². The summed E-state index contributed by atoms with van der Waals surface area (Å²) < 4.78 is 0. The van der Waals surface area contributed by atoms with Crippen LogP contribution in [0.1, 0.15) is 11.1 Å². The maximum atomic E-state index is 5.87. The minimum Gasteiger partial charge on any atom is -0.384 e. The first kappa shape index (κ1) is 11.4. The Morgan fingerprint density at radius 2 is 1.94 bits per heavy atom. The van der Waals surface area contributed by atoms with Gasteiger partial charge in [0.1, 0.15) is 0 Å². The van der Waals surface area contributed by atoms with Gasteiger partial charge in [0.05, 0.1) is 0 Å². The van der Waals surface area contributed by atoms with Crippen molar-refractivity contribution in [3.8, 4) is 0 Å². The van der Waals surface area contributed by atoms with E-state index in [1.165, 1.54) is 22.5 Å². The van der Waals surface area contributed by atoms with E-state index in [-0.39, 0.29) is 0 Å². The van der Waals surface area contributed by atoms with Gasteiger partial charge in [-0.15, -0.1) is 0 Å². The Hall–Kier alpha value is -1.67. The highest BCUT2D eigenvalue weighted by molar-refractivity contribution is 6.30. The molecule has 0 bridgehead atoms. The summed E-state index contributed by atoms with van der Waals surface area (Å²) in [7, 11) is 0. The maximum absolute atomic E-state index is 5.87. The molecule has 0 aromatic heterocycles. The molecule has 0 atom stereocenters. The first-order valence-electron chi connectivity index (χ1n) is 6.16. The average molecular weight is 259 g/mol. The molecule has 2 aromatic rings. The first-order valence-corrected chi connectivity index (χ1v) is 6.54. The summed E-state index contributed by atoms with van der Waals surface area (Å²) in [6.07, 6.45) is 1.12. The quantitative estimate of drug-likeness (QED) is 0.872. The van der Waals surface area contributed by atoms with Gasteiger partial charge in [0.2, 0.25) is 0 Å². The fourth-order valence-electron chi connectivity index (χ4n) is 2.22. The van der Waals surface area contributed by atoms with Gasteiger partial charge in [0.15, 0.2) is 0 Å². The molecule has 3 heteroatoms. The summed E-state index contributed by atoms with van der Waals surface area (Å²) in [5, 5.41) is 7.58. The fourth-order valence-corrected chi connectivity index (χ4v) is 2.35. The zero-order chi connectivity index (χ0) is 12.4. The van der Waals surface area contributed by atoms with Crippen molar-refractivity contribution >= 4 is 23.0 Å². The lowest BCUT2D eigenvalue weighted by Crippen LogP contribution is -1.99. The summed E-state index contributed by atoms with van der Waals surface area (Å²) in [5.41, 5.74) is 5.08. The number of benzene rings is 2. The molecule has 0 aliphatic carbocycles. The van der Waals surface area contributed by atoms with Crippen LogP contribution in [0.25, 0.3) is 0 Å². The Morgan fingerprint density at radius 1 is 1.11 bits per heavy atom. The highest BCUT2D eigenvalue weighted by Gasteiger charge is 2.09. The van der Waals surface area contributed by atoms with Crippen molar-refractivity contribution in [3.05, 3.63) is 58.6 Å². The van der Waals surface area contributed by atoms with Crippen molar-refractivity contribution < 1.29 is 0 Å². The summed E-state index contributed by atoms with van der Waals surface area (Å²) in [6.45, 7) is 1.87. The molecule has 2 aromatic carbocycles. The van der Waals surface area contributed by atoms with Gasteiger partial charge in [-0.25, -0.2) is 0 Å². The molecule has 2 nitrogen and oxygen atoms in total. The summed E-state index contributed by atoms with van der Waals surface area (Å²) >= 11 is 5.87. The third-order valence-corrected chi connectivity index (χ3v) is 3.48. The number of anilines is 2. The smallest absolute Gasteiger partial charge is 0.0406 e. The van der Waals surface area contributed by atoms with Crippen LogP contribution in [-0.2, 0) is 13.0 Å². The molecular weight excluding hydrogens is 244 g/mol. The zero-order valence-electron chi connectivity index (χ0n) is 10.0. The second-order valence-corrected chi connectivity index (χ2v) is 4.97. The van der Waals surface area contributed by atoms with Gasteiger partial charge in [0, 0.05) is 29.5 Å². The standard InChI is InChI=1S/C15H15ClN2/c16-13-3-1-11(2-4-13)10-18-14-5-6-15-12(9-14)7-8-17-15/h1-6,9,17-18H,7-8,10H2. The molecule has 0 unspecified atom stereocenters. The first-order chi connectivity index (χ1) is 8.81. The molecule has 0 fully saturated rings. The van der Waals surface area contributed by atoms with Crippen molar-refractivity contribution in [1.82, 2.24) is 0 Å². The predicted octanol–water partition coefficient (Wildman–Crippen LogP) is 3.92. The molecule has 1 aliphatic heterocycles. The van der Waals surface area contributed by atoms with Crippen molar-refractivity contribution in [2.24, 2.45) is 0 Å². The van der Waals surface area contributed by atoms with E-state index in [2.05, 4.69) is 28.8 Å². The van der Waals surface area contributed by atoms with Crippen LogP contribution < -0.4 is 10.6 Å². The molecule has 2 N–H and O–H groups in total. The summed E-state index contributed by atoms with van der Waals surface area (Å²) in [6, 6.07) is 14.4. The van der Waals surface area contributed by atoms with E-state index in [0.29, 0.717) is 0 Å². The molecule has 18 heavy (non-hydrogen) atoms. The molecule has 92 valence electrons. The Balaban J connectivity index is 1.68. The van der Waals surface area contributed by atoms with Crippen LogP contribution in [-0.4, -0.2) is 6.54 Å². The van der Waals surface area contributed by atoms with Gasteiger partial charge in [0.25, 0.3) is 0 Å². The third-order valence-electron chi connectivity index (χ3n) is 3.22. The van der Waals surface area contributed by atoms with Gasteiger partial charge < -0.3 is 10.6 Å². The Kier molecular flexibility index (Phi) is 3.11. The molecule has 0 saturated heterocycles.